The van der Waals surface area contributed by atoms with Crippen molar-refractivity contribution in [3.63, 3.8) is 0 Å². The van der Waals surface area contributed by atoms with E-state index in [2.05, 4.69) is 36.3 Å². The van der Waals surface area contributed by atoms with E-state index in [9.17, 15) is 0 Å². The normalized spacial score (nSPS) is 24.2. The molecule has 0 bridgehead atoms. The van der Waals surface area contributed by atoms with Crippen LogP contribution in [0.2, 0.25) is 0 Å². The van der Waals surface area contributed by atoms with Gasteiger partial charge >= 0.3 is 0 Å². The minimum Gasteiger partial charge on any atom is -0.306 e. The van der Waals surface area contributed by atoms with Gasteiger partial charge < -0.3 is 9.80 Å². The Hall–Kier alpha value is -0.480. The monoisotopic (exact) mass is 269 g/mol. The van der Waals surface area contributed by atoms with E-state index in [4.69, 9.17) is 4.91 Å². The average Bonchev–Trinajstić information content (AvgIpc) is 2.44. The minimum atomic E-state index is 0.889. The van der Waals surface area contributed by atoms with E-state index in [-0.39, 0.29) is 0 Å². The van der Waals surface area contributed by atoms with Gasteiger partial charge in [-0.05, 0) is 76.7 Å². The standard InChI is InChI=1S/C15H30N2.HNO/c1-13(2)15-6-10-17(11-7-15)12-14-4-8-16(3)9-5-14;1-2/h13-15H,4-12H2,1-3H3;1H. The lowest BCUT2D eigenvalue weighted by Gasteiger charge is -2.37. The van der Waals surface area contributed by atoms with Gasteiger partial charge in [-0.3, -0.25) is 0 Å². The van der Waals surface area contributed by atoms with Crippen molar-refractivity contribution in [2.24, 2.45) is 17.8 Å². The van der Waals surface area contributed by atoms with Crippen LogP contribution in [0, 0.1) is 28.3 Å². The summed E-state index contributed by atoms with van der Waals surface area (Å²) in [7, 11) is 2.25. The van der Waals surface area contributed by atoms with Crippen molar-refractivity contribution >= 4 is 0 Å². The van der Waals surface area contributed by atoms with Crippen LogP contribution < -0.4 is 0 Å². The highest BCUT2D eigenvalue weighted by Gasteiger charge is 2.24. The molecule has 19 heavy (non-hydrogen) atoms. The molecule has 2 saturated heterocycles. The molecular weight excluding hydrogens is 238 g/mol. The van der Waals surface area contributed by atoms with Crippen LogP contribution in [0.4, 0.5) is 0 Å². The van der Waals surface area contributed by atoms with Gasteiger partial charge in [-0.2, -0.15) is 4.91 Å². The molecule has 112 valence electrons. The van der Waals surface area contributed by atoms with Gasteiger partial charge in [-0.15, -0.1) is 0 Å². The molecule has 0 aromatic carbocycles. The molecule has 4 nitrogen and oxygen atoms in total. The number of rotatable bonds is 3. The largest absolute Gasteiger partial charge is 0.306 e. The number of piperidine rings is 2. The molecule has 2 rings (SSSR count). The molecule has 0 aliphatic carbocycles. The minimum absolute atomic E-state index is 0.889. The molecule has 2 aliphatic rings. The van der Waals surface area contributed by atoms with E-state index in [0.29, 0.717) is 0 Å². The number of nitrogens with one attached hydrogen (secondary N) is 1. The lowest BCUT2D eigenvalue weighted by atomic mass is 9.86. The van der Waals surface area contributed by atoms with Gasteiger partial charge in [0.1, 0.15) is 0 Å². The zero-order chi connectivity index (χ0) is 14.3. The predicted molar refractivity (Wildman–Crippen MR) is 80.3 cm³/mol. The molecule has 0 atom stereocenters. The molecule has 4 heteroatoms. The Morgan fingerprint density at radius 1 is 1.00 bits per heavy atom. The van der Waals surface area contributed by atoms with Gasteiger partial charge in [0, 0.05) is 6.54 Å². The summed E-state index contributed by atoms with van der Waals surface area (Å²) in [6.07, 6.45) is 5.70. The first-order chi connectivity index (χ1) is 9.15. The molecule has 0 unspecified atom stereocenters. The first-order valence-electron chi connectivity index (χ1n) is 7.76. The Balaban J connectivity index is 0.000000861. The SMILES string of the molecule is CC(C)C1CCN(CC2CCN(C)CC2)CC1.N=O. The fraction of sp³-hybridized carbons (Fsp3) is 1.00. The molecular formula is C15H31N3O. The Morgan fingerprint density at radius 3 is 2.00 bits per heavy atom. The van der Waals surface area contributed by atoms with Crippen LogP contribution in [0.3, 0.4) is 0 Å². The number of nitrogens with zero attached hydrogens (tertiary/aromatic N) is 2. The molecule has 0 radical (unpaired) electrons. The van der Waals surface area contributed by atoms with Crippen molar-refractivity contribution in [2.45, 2.75) is 39.5 Å². The summed E-state index contributed by atoms with van der Waals surface area (Å²) in [6, 6.07) is 0. The first-order valence-corrected chi connectivity index (χ1v) is 7.76. The lowest BCUT2D eigenvalue weighted by molar-refractivity contribution is 0.115. The van der Waals surface area contributed by atoms with Crippen molar-refractivity contribution in [1.82, 2.24) is 9.80 Å². The summed E-state index contributed by atoms with van der Waals surface area (Å²) in [6.45, 7) is 11.5. The predicted octanol–water partition coefficient (Wildman–Crippen LogP) is 3.03. The topological polar surface area (TPSA) is 47.4 Å². The number of hydrogen-bond donors (Lipinski definition) is 1. The Morgan fingerprint density at radius 2 is 1.53 bits per heavy atom. The molecule has 1 N–H and O–H groups in total. The van der Waals surface area contributed by atoms with Crippen LogP contribution in [0.5, 0.6) is 0 Å². The van der Waals surface area contributed by atoms with Crippen molar-refractivity contribution in [1.29, 1.82) is 5.59 Å². The quantitative estimate of drug-likeness (QED) is 0.801. The zero-order valence-electron chi connectivity index (χ0n) is 12.9. The Kier molecular flexibility index (Phi) is 7.54. The Labute approximate surface area is 118 Å². The highest BCUT2D eigenvalue weighted by molar-refractivity contribution is 4.78. The second-order valence-corrected chi connectivity index (χ2v) is 6.63. The average molecular weight is 269 g/mol. The molecule has 2 fully saturated rings. The second-order valence-electron chi connectivity index (χ2n) is 6.63. The van der Waals surface area contributed by atoms with Gasteiger partial charge in [0.2, 0.25) is 0 Å². The van der Waals surface area contributed by atoms with Crippen LogP contribution in [0.1, 0.15) is 39.5 Å². The maximum absolute atomic E-state index is 7.50. The Bertz CT molecular complexity index is 232. The smallest absolute Gasteiger partial charge is 0.00106 e. The summed E-state index contributed by atoms with van der Waals surface area (Å²) in [5.41, 5.74) is 4.50. The summed E-state index contributed by atoms with van der Waals surface area (Å²) < 4.78 is 0. The van der Waals surface area contributed by atoms with Gasteiger partial charge in [-0.1, -0.05) is 19.4 Å². The first kappa shape index (κ1) is 16.6. The van der Waals surface area contributed by atoms with Crippen LogP contribution in [0.15, 0.2) is 0 Å². The lowest BCUT2D eigenvalue weighted by Crippen LogP contribution is -2.41. The van der Waals surface area contributed by atoms with Crippen LogP contribution in [0.25, 0.3) is 0 Å². The third-order valence-corrected chi connectivity index (χ3v) is 4.93. The molecule has 2 heterocycles. The molecule has 0 aromatic heterocycles. The van der Waals surface area contributed by atoms with Crippen LogP contribution >= 0.6 is 0 Å². The van der Waals surface area contributed by atoms with Crippen molar-refractivity contribution in [3.05, 3.63) is 4.91 Å². The van der Waals surface area contributed by atoms with Crippen molar-refractivity contribution in [2.75, 3.05) is 39.8 Å². The van der Waals surface area contributed by atoms with Gasteiger partial charge in [-0.25, -0.2) is 0 Å². The van der Waals surface area contributed by atoms with Gasteiger partial charge in [0.25, 0.3) is 0 Å². The zero-order valence-corrected chi connectivity index (χ0v) is 12.9. The third-order valence-electron chi connectivity index (χ3n) is 4.93. The maximum atomic E-state index is 7.50. The van der Waals surface area contributed by atoms with Crippen LogP contribution in [-0.4, -0.2) is 49.6 Å². The van der Waals surface area contributed by atoms with E-state index in [1.165, 1.54) is 58.4 Å². The summed E-state index contributed by atoms with van der Waals surface area (Å²) in [5.74, 6) is 2.85. The highest BCUT2D eigenvalue weighted by atomic mass is 16.2. The summed E-state index contributed by atoms with van der Waals surface area (Å²) in [4.78, 5) is 12.7. The second kappa shape index (κ2) is 8.64. The van der Waals surface area contributed by atoms with E-state index in [0.717, 1.165) is 17.8 Å². The molecule has 0 amide bonds. The van der Waals surface area contributed by atoms with E-state index in [1.54, 1.807) is 0 Å². The van der Waals surface area contributed by atoms with E-state index in [1.807, 2.05) is 0 Å². The molecule has 2 aliphatic heterocycles. The third kappa shape index (κ3) is 5.57. The van der Waals surface area contributed by atoms with Gasteiger partial charge in [0.15, 0.2) is 0 Å². The molecule has 0 spiro atoms. The fourth-order valence-corrected chi connectivity index (χ4v) is 3.41. The van der Waals surface area contributed by atoms with Crippen molar-refractivity contribution < 1.29 is 0 Å². The number of nitroso groups, excluding NO2 is 1. The molecule has 0 saturated carbocycles. The summed E-state index contributed by atoms with van der Waals surface area (Å²) in [5, 5.41) is 0. The highest BCUT2D eigenvalue weighted by Crippen LogP contribution is 2.26. The summed E-state index contributed by atoms with van der Waals surface area (Å²) >= 11 is 0. The van der Waals surface area contributed by atoms with Gasteiger partial charge in [0.05, 0.1) is 0 Å². The maximum Gasteiger partial charge on any atom is 0.00106 e. The van der Waals surface area contributed by atoms with Crippen molar-refractivity contribution in [3.8, 4) is 0 Å². The molecule has 0 aromatic rings. The van der Waals surface area contributed by atoms with E-state index >= 15 is 0 Å². The number of likely N-dealkylation sites (tertiary alicyclic amines) is 2. The van der Waals surface area contributed by atoms with E-state index < -0.39 is 0 Å². The fourth-order valence-electron chi connectivity index (χ4n) is 3.41. The number of hydrogen-bond acceptors (Lipinski definition) is 4. The van der Waals surface area contributed by atoms with Crippen LogP contribution in [-0.2, 0) is 0 Å².